The summed E-state index contributed by atoms with van der Waals surface area (Å²) in [5.41, 5.74) is -12.5. The van der Waals surface area contributed by atoms with Gasteiger partial charge in [-0.2, -0.15) is 52.7 Å². The molecule has 1 rings (SSSR count). The summed E-state index contributed by atoms with van der Waals surface area (Å²) in [6, 6.07) is 0. The molecule has 0 radical (unpaired) electrons. The topological polar surface area (TPSA) is 9.23 Å². The van der Waals surface area contributed by atoms with Crippen LogP contribution in [0, 0.1) is 5.41 Å². The molecule has 0 atom stereocenters. The molecular weight excluding hydrogens is 340 g/mol. The summed E-state index contributed by atoms with van der Waals surface area (Å²) >= 11 is 0. The van der Waals surface area contributed by atoms with Gasteiger partial charge in [-0.3, -0.25) is 0 Å². The van der Waals surface area contributed by atoms with Gasteiger partial charge in [0.2, 0.25) is 5.41 Å². The molecule has 1 heterocycles. The third-order valence-corrected chi connectivity index (χ3v) is 3.16. The molecule has 126 valence electrons. The molecule has 1 aliphatic heterocycles. The van der Waals surface area contributed by atoms with Crippen LogP contribution in [0.15, 0.2) is 0 Å². The highest BCUT2D eigenvalue weighted by atomic mass is 19.4. The number of halogens is 12. The van der Waals surface area contributed by atoms with Crippen LogP contribution in [0.2, 0.25) is 0 Å². The fourth-order valence-electron chi connectivity index (χ4n) is 2.31. The maximum Gasteiger partial charge on any atom is 0.427 e. The second kappa shape index (κ2) is 4.32. The maximum absolute atomic E-state index is 12.7. The molecule has 1 aliphatic rings. The lowest BCUT2D eigenvalue weighted by molar-refractivity contribution is -0.469. The molecule has 21 heavy (non-hydrogen) atoms. The van der Waals surface area contributed by atoms with Gasteiger partial charge >= 0.3 is 24.7 Å². The molecule has 0 aromatic heterocycles. The van der Waals surface area contributed by atoms with Crippen LogP contribution in [0.3, 0.4) is 0 Å². The van der Waals surface area contributed by atoms with E-state index in [1.165, 1.54) is 0 Å². The Morgan fingerprint density at radius 3 is 1.10 bits per heavy atom. The number of hydrogen-bond donors (Lipinski definition) is 0. The Hall–Kier alpha value is -0.880. The summed E-state index contributed by atoms with van der Waals surface area (Å²) in [6.07, 6.45) is -30.3. The smallest absolute Gasteiger partial charge is 0.357 e. The van der Waals surface area contributed by atoms with Crippen LogP contribution < -0.4 is 0 Å². The van der Waals surface area contributed by atoms with Crippen molar-refractivity contribution in [1.29, 1.82) is 0 Å². The quantitative estimate of drug-likeness (QED) is 0.593. The summed E-state index contributed by atoms with van der Waals surface area (Å²) < 4.78 is 155. The van der Waals surface area contributed by atoms with E-state index in [1.54, 1.807) is 0 Å². The van der Waals surface area contributed by atoms with Gasteiger partial charge in [-0.05, 0) is 6.42 Å². The van der Waals surface area contributed by atoms with Gasteiger partial charge < -0.3 is 4.74 Å². The van der Waals surface area contributed by atoms with Gasteiger partial charge in [-0.25, -0.2) is 0 Å². The van der Waals surface area contributed by atoms with Crippen LogP contribution in [0.25, 0.3) is 0 Å². The standard InChI is InChI=1S/C8H4F12O/c9-5(10,11)3(6(12,13)14)1-2-21-4(3,7(15,16)17)8(18,19)20/h1-2H2. The van der Waals surface area contributed by atoms with Crippen LogP contribution in [0.4, 0.5) is 52.7 Å². The van der Waals surface area contributed by atoms with Gasteiger partial charge in [0.1, 0.15) is 0 Å². The molecule has 0 saturated carbocycles. The highest BCUT2D eigenvalue weighted by Crippen LogP contribution is 2.70. The van der Waals surface area contributed by atoms with E-state index < -0.39 is 48.7 Å². The zero-order valence-corrected chi connectivity index (χ0v) is 9.36. The van der Waals surface area contributed by atoms with E-state index in [2.05, 4.69) is 4.74 Å². The van der Waals surface area contributed by atoms with Crippen molar-refractivity contribution in [2.24, 2.45) is 5.41 Å². The van der Waals surface area contributed by atoms with Gasteiger partial charge in [-0.1, -0.05) is 0 Å². The summed E-state index contributed by atoms with van der Waals surface area (Å²) in [7, 11) is 0. The molecule has 0 aliphatic carbocycles. The second-order valence-corrected chi connectivity index (χ2v) is 4.18. The Balaban J connectivity index is 3.86. The van der Waals surface area contributed by atoms with Gasteiger partial charge in [0.25, 0.3) is 5.60 Å². The average Bonchev–Trinajstić information content (AvgIpc) is 2.53. The van der Waals surface area contributed by atoms with E-state index >= 15 is 0 Å². The van der Waals surface area contributed by atoms with Crippen molar-refractivity contribution in [2.45, 2.75) is 36.7 Å². The van der Waals surface area contributed by atoms with Crippen molar-refractivity contribution in [3.05, 3.63) is 0 Å². The lowest BCUT2D eigenvalue weighted by atomic mass is 9.68. The predicted octanol–water partition coefficient (Wildman–Crippen LogP) is 4.38. The summed E-state index contributed by atoms with van der Waals surface area (Å²) in [6.45, 7) is -2.00. The number of ether oxygens (including phenoxy) is 1. The van der Waals surface area contributed by atoms with Gasteiger partial charge in [0, 0.05) is 6.61 Å². The van der Waals surface area contributed by atoms with Crippen molar-refractivity contribution in [1.82, 2.24) is 0 Å². The molecule has 0 aromatic carbocycles. The summed E-state index contributed by atoms with van der Waals surface area (Å²) in [5, 5.41) is 0. The summed E-state index contributed by atoms with van der Waals surface area (Å²) in [4.78, 5) is 0. The molecule has 1 nitrogen and oxygen atoms in total. The number of rotatable bonds is 0. The third kappa shape index (κ3) is 2.06. The maximum atomic E-state index is 12.7. The van der Waals surface area contributed by atoms with Crippen LogP contribution in [-0.2, 0) is 4.74 Å². The van der Waals surface area contributed by atoms with Crippen LogP contribution in [0.1, 0.15) is 6.42 Å². The van der Waals surface area contributed by atoms with E-state index in [4.69, 9.17) is 0 Å². The number of hydrogen-bond acceptors (Lipinski definition) is 1. The Morgan fingerprint density at radius 1 is 0.571 bits per heavy atom. The second-order valence-electron chi connectivity index (χ2n) is 4.18. The first-order chi connectivity index (χ1) is 8.96. The van der Waals surface area contributed by atoms with Crippen molar-refractivity contribution in [2.75, 3.05) is 6.61 Å². The fourth-order valence-corrected chi connectivity index (χ4v) is 2.31. The van der Waals surface area contributed by atoms with Crippen LogP contribution in [-0.4, -0.2) is 36.9 Å². The first-order valence-corrected chi connectivity index (χ1v) is 4.86. The minimum Gasteiger partial charge on any atom is -0.357 e. The normalized spacial score (nSPS) is 23.4. The molecule has 0 spiro atoms. The first kappa shape index (κ1) is 18.2. The minimum absolute atomic E-state index is 2.00. The zero-order chi connectivity index (χ0) is 17.1. The van der Waals surface area contributed by atoms with E-state index in [0.29, 0.717) is 0 Å². The van der Waals surface area contributed by atoms with Gasteiger partial charge in [0.05, 0.1) is 0 Å². The third-order valence-electron chi connectivity index (χ3n) is 3.16. The van der Waals surface area contributed by atoms with E-state index in [9.17, 15) is 52.7 Å². The lowest BCUT2D eigenvalue weighted by Crippen LogP contribution is -2.73. The van der Waals surface area contributed by atoms with E-state index in [0.717, 1.165) is 0 Å². The molecule has 0 unspecified atom stereocenters. The SMILES string of the molecule is FC(F)(F)C1(C(F)(F)F)CCOC1(C(F)(F)F)C(F)(F)F. The molecule has 0 amide bonds. The zero-order valence-electron chi connectivity index (χ0n) is 9.36. The van der Waals surface area contributed by atoms with Gasteiger partial charge in [0.15, 0.2) is 0 Å². The van der Waals surface area contributed by atoms with Crippen molar-refractivity contribution in [3.8, 4) is 0 Å². The van der Waals surface area contributed by atoms with Gasteiger partial charge in [-0.15, -0.1) is 0 Å². The van der Waals surface area contributed by atoms with Crippen molar-refractivity contribution >= 4 is 0 Å². The largest absolute Gasteiger partial charge is 0.427 e. The molecule has 1 fully saturated rings. The molecular formula is C8H4F12O. The molecule has 1 saturated heterocycles. The molecule has 0 bridgehead atoms. The highest BCUT2D eigenvalue weighted by molar-refractivity contribution is 5.18. The summed E-state index contributed by atoms with van der Waals surface area (Å²) in [5.74, 6) is 0. The Bertz CT molecular complexity index is 329. The average molecular weight is 344 g/mol. The van der Waals surface area contributed by atoms with E-state index in [-0.39, 0.29) is 0 Å². The van der Waals surface area contributed by atoms with Crippen molar-refractivity contribution in [3.63, 3.8) is 0 Å². The Labute approximate surface area is 107 Å². The first-order valence-electron chi connectivity index (χ1n) is 4.86. The van der Waals surface area contributed by atoms with Crippen LogP contribution >= 0.6 is 0 Å². The highest BCUT2D eigenvalue weighted by Gasteiger charge is 2.95. The molecule has 0 aromatic rings. The van der Waals surface area contributed by atoms with Crippen molar-refractivity contribution < 1.29 is 57.4 Å². The predicted molar refractivity (Wildman–Crippen MR) is 40.0 cm³/mol. The fraction of sp³-hybridized carbons (Fsp3) is 1.00. The Morgan fingerprint density at radius 2 is 0.905 bits per heavy atom. The lowest BCUT2D eigenvalue weighted by Gasteiger charge is -2.46. The molecule has 0 N–H and O–H groups in total. The minimum atomic E-state index is -6.98. The van der Waals surface area contributed by atoms with E-state index in [1.807, 2.05) is 0 Å². The molecule has 13 heteroatoms. The Kier molecular flexibility index (Phi) is 3.74. The van der Waals surface area contributed by atoms with Crippen LogP contribution in [0.5, 0.6) is 0 Å². The monoisotopic (exact) mass is 344 g/mol. The number of alkyl halides is 12.